The molecule has 1 aromatic carbocycles. The third-order valence-corrected chi connectivity index (χ3v) is 2.10. The number of anilines is 1. The number of nitrogens with zero attached hydrogens (tertiary/aromatic N) is 2. The summed E-state index contributed by atoms with van der Waals surface area (Å²) >= 11 is 0. The molecular weight excluding hydrogens is 206 g/mol. The molecule has 1 heterocycles. The van der Waals surface area contributed by atoms with Crippen molar-refractivity contribution in [2.45, 2.75) is 6.92 Å². The van der Waals surface area contributed by atoms with Crippen LogP contribution in [0.2, 0.25) is 0 Å². The lowest BCUT2D eigenvalue weighted by Crippen LogP contribution is -2.04. The molecule has 0 fully saturated rings. The lowest BCUT2D eigenvalue weighted by atomic mass is 10.2. The molecule has 84 valence electrons. The first kappa shape index (κ1) is 10.6. The second-order valence-corrected chi connectivity index (χ2v) is 3.37. The van der Waals surface area contributed by atoms with Crippen LogP contribution in [0.4, 0.5) is 5.69 Å². The van der Waals surface area contributed by atoms with Gasteiger partial charge in [-0.2, -0.15) is 4.98 Å². The van der Waals surface area contributed by atoms with Gasteiger partial charge < -0.3 is 14.9 Å². The predicted octanol–water partition coefficient (Wildman–Crippen LogP) is 1.45. The zero-order valence-electron chi connectivity index (χ0n) is 8.97. The van der Waals surface area contributed by atoms with E-state index >= 15 is 0 Å². The molecule has 0 amide bonds. The van der Waals surface area contributed by atoms with Crippen LogP contribution >= 0.6 is 0 Å². The van der Waals surface area contributed by atoms with Crippen LogP contribution in [0, 0.1) is 6.92 Å². The Morgan fingerprint density at radius 1 is 1.31 bits per heavy atom. The highest BCUT2D eigenvalue weighted by Gasteiger charge is 2.05. The van der Waals surface area contributed by atoms with E-state index in [9.17, 15) is 0 Å². The number of hydrogen-bond acceptors (Lipinski definition) is 5. The number of aryl methyl sites for hydroxylation is 1. The van der Waals surface area contributed by atoms with Crippen molar-refractivity contribution in [1.29, 1.82) is 0 Å². The lowest BCUT2D eigenvalue weighted by molar-refractivity contribution is 0.311. The molecule has 2 rings (SSSR count). The lowest BCUT2D eigenvalue weighted by Gasteiger charge is -2.03. The summed E-state index contributed by atoms with van der Waals surface area (Å²) in [5.41, 5.74) is 1.84. The quantitative estimate of drug-likeness (QED) is 0.814. The maximum absolute atomic E-state index is 8.67. The van der Waals surface area contributed by atoms with Crippen LogP contribution < -0.4 is 5.32 Å². The summed E-state index contributed by atoms with van der Waals surface area (Å²) in [6.07, 6.45) is 0. The first-order valence-corrected chi connectivity index (χ1v) is 5.05. The minimum atomic E-state index is 0.116. The number of benzene rings is 1. The molecule has 5 heteroatoms. The second kappa shape index (κ2) is 4.76. The summed E-state index contributed by atoms with van der Waals surface area (Å²) in [6, 6.07) is 7.61. The summed E-state index contributed by atoms with van der Waals surface area (Å²) in [4.78, 5) is 4.13. The van der Waals surface area contributed by atoms with E-state index in [-0.39, 0.29) is 6.61 Å². The summed E-state index contributed by atoms with van der Waals surface area (Å²) in [6.45, 7) is 2.44. The van der Waals surface area contributed by atoms with Gasteiger partial charge in [-0.25, -0.2) is 0 Å². The van der Waals surface area contributed by atoms with Crippen LogP contribution in [0.1, 0.15) is 5.82 Å². The van der Waals surface area contributed by atoms with Gasteiger partial charge in [-0.05, 0) is 31.2 Å². The maximum atomic E-state index is 8.67. The van der Waals surface area contributed by atoms with Gasteiger partial charge in [0.25, 0.3) is 5.89 Å². The van der Waals surface area contributed by atoms with Gasteiger partial charge in [0.15, 0.2) is 5.82 Å². The normalized spacial score (nSPS) is 10.4. The van der Waals surface area contributed by atoms with Gasteiger partial charge in [-0.1, -0.05) is 5.16 Å². The molecule has 0 aliphatic heterocycles. The van der Waals surface area contributed by atoms with Crippen molar-refractivity contribution in [3.8, 4) is 11.5 Å². The van der Waals surface area contributed by atoms with Crippen molar-refractivity contribution in [1.82, 2.24) is 10.1 Å². The molecular formula is C11H13N3O2. The van der Waals surface area contributed by atoms with E-state index in [1.54, 1.807) is 6.92 Å². The van der Waals surface area contributed by atoms with Crippen molar-refractivity contribution < 1.29 is 9.63 Å². The summed E-state index contributed by atoms with van der Waals surface area (Å²) in [5, 5.41) is 15.5. The fraction of sp³-hybridized carbons (Fsp3) is 0.273. The molecule has 1 aromatic heterocycles. The maximum Gasteiger partial charge on any atom is 0.257 e. The van der Waals surface area contributed by atoms with E-state index < -0.39 is 0 Å². The zero-order valence-corrected chi connectivity index (χ0v) is 8.97. The fourth-order valence-electron chi connectivity index (χ4n) is 1.35. The van der Waals surface area contributed by atoms with Crippen LogP contribution in [0.15, 0.2) is 28.8 Å². The molecule has 2 N–H and O–H groups in total. The van der Waals surface area contributed by atoms with Gasteiger partial charge >= 0.3 is 0 Å². The number of rotatable bonds is 4. The molecule has 2 aromatic rings. The molecule has 0 aliphatic rings. The van der Waals surface area contributed by atoms with Crippen LogP contribution in [-0.2, 0) is 0 Å². The highest BCUT2D eigenvalue weighted by atomic mass is 16.5. The molecule has 0 saturated heterocycles. The standard InChI is InChI=1S/C11H13N3O2/c1-8-13-11(16-14-8)9-2-4-10(5-3-9)12-6-7-15/h2-5,12,15H,6-7H2,1H3. The second-order valence-electron chi connectivity index (χ2n) is 3.37. The molecule has 0 atom stereocenters. The number of nitrogens with one attached hydrogen (secondary N) is 1. The van der Waals surface area contributed by atoms with Gasteiger partial charge in [0.1, 0.15) is 0 Å². The largest absolute Gasteiger partial charge is 0.395 e. The van der Waals surface area contributed by atoms with E-state index in [0.717, 1.165) is 11.3 Å². The molecule has 0 radical (unpaired) electrons. The van der Waals surface area contributed by atoms with Gasteiger partial charge in [-0.3, -0.25) is 0 Å². The first-order chi connectivity index (χ1) is 7.79. The molecule has 0 spiro atoms. The van der Waals surface area contributed by atoms with Gasteiger partial charge in [-0.15, -0.1) is 0 Å². The number of aliphatic hydroxyl groups is 1. The van der Waals surface area contributed by atoms with Crippen LogP contribution in [0.5, 0.6) is 0 Å². The van der Waals surface area contributed by atoms with E-state index in [1.807, 2.05) is 24.3 Å². The number of hydrogen-bond donors (Lipinski definition) is 2. The third-order valence-electron chi connectivity index (χ3n) is 2.10. The van der Waals surface area contributed by atoms with E-state index in [1.165, 1.54) is 0 Å². The number of aliphatic hydroxyl groups excluding tert-OH is 1. The highest BCUT2D eigenvalue weighted by Crippen LogP contribution is 2.19. The molecule has 0 bridgehead atoms. The zero-order chi connectivity index (χ0) is 11.4. The first-order valence-electron chi connectivity index (χ1n) is 5.05. The van der Waals surface area contributed by atoms with Crippen LogP contribution in [-0.4, -0.2) is 28.4 Å². The van der Waals surface area contributed by atoms with E-state index in [4.69, 9.17) is 9.63 Å². The Labute approximate surface area is 93.1 Å². The molecule has 16 heavy (non-hydrogen) atoms. The summed E-state index contributed by atoms with van der Waals surface area (Å²) in [7, 11) is 0. The summed E-state index contributed by atoms with van der Waals surface area (Å²) in [5.74, 6) is 1.14. The Morgan fingerprint density at radius 2 is 2.06 bits per heavy atom. The van der Waals surface area contributed by atoms with E-state index in [2.05, 4.69) is 15.5 Å². The predicted molar refractivity (Wildman–Crippen MR) is 60.0 cm³/mol. The Balaban J connectivity index is 2.13. The smallest absolute Gasteiger partial charge is 0.257 e. The average Bonchev–Trinajstić information content (AvgIpc) is 2.74. The van der Waals surface area contributed by atoms with Crippen LogP contribution in [0.3, 0.4) is 0 Å². The minimum absolute atomic E-state index is 0.116. The summed E-state index contributed by atoms with van der Waals surface area (Å²) < 4.78 is 5.05. The van der Waals surface area contributed by atoms with Crippen molar-refractivity contribution in [3.05, 3.63) is 30.1 Å². The molecule has 5 nitrogen and oxygen atoms in total. The van der Waals surface area contributed by atoms with E-state index in [0.29, 0.717) is 18.3 Å². The molecule has 0 saturated carbocycles. The SMILES string of the molecule is Cc1noc(-c2ccc(NCCO)cc2)n1. The van der Waals surface area contributed by atoms with Crippen LogP contribution in [0.25, 0.3) is 11.5 Å². The monoisotopic (exact) mass is 219 g/mol. The van der Waals surface area contributed by atoms with Crippen molar-refractivity contribution in [2.75, 3.05) is 18.5 Å². The Kier molecular flexibility index (Phi) is 3.16. The third kappa shape index (κ3) is 2.38. The average molecular weight is 219 g/mol. The van der Waals surface area contributed by atoms with Crippen molar-refractivity contribution >= 4 is 5.69 Å². The fourth-order valence-corrected chi connectivity index (χ4v) is 1.35. The van der Waals surface area contributed by atoms with Gasteiger partial charge in [0.2, 0.25) is 0 Å². The highest BCUT2D eigenvalue weighted by molar-refractivity contribution is 5.58. The van der Waals surface area contributed by atoms with Gasteiger partial charge in [0.05, 0.1) is 6.61 Å². The Morgan fingerprint density at radius 3 is 2.62 bits per heavy atom. The van der Waals surface area contributed by atoms with Gasteiger partial charge in [0, 0.05) is 17.8 Å². The number of aromatic nitrogens is 2. The molecule has 0 unspecified atom stereocenters. The Bertz CT molecular complexity index is 451. The van der Waals surface area contributed by atoms with Crippen molar-refractivity contribution in [3.63, 3.8) is 0 Å². The Hall–Kier alpha value is -1.88. The minimum Gasteiger partial charge on any atom is -0.395 e. The molecule has 0 aliphatic carbocycles. The van der Waals surface area contributed by atoms with Crippen molar-refractivity contribution in [2.24, 2.45) is 0 Å². The topological polar surface area (TPSA) is 71.2 Å².